The van der Waals surface area contributed by atoms with Crippen molar-refractivity contribution in [3.8, 4) is 0 Å². The smallest absolute Gasteiger partial charge is 0.306 e. The summed E-state index contributed by atoms with van der Waals surface area (Å²) in [5.74, 6) is -0.594. The van der Waals surface area contributed by atoms with Gasteiger partial charge in [0.25, 0.3) is 0 Å². The minimum Gasteiger partial charge on any atom is -0.460 e. The molecule has 0 saturated heterocycles. The molecule has 104 valence electrons. The number of nitrogens with one attached hydrogen (secondary N) is 1. The number of nitrogens with zero attached hydrogens (tertiary/aromatic N) is 1. The van der Waals surface area contributed by atoms with E-state index in [4.69, 9.17) is 4.74 Å². The molecule has 0 spiro atoms. The van der Waals surface area contributed by atoms with Crippen LogP contribution in [0.4, 0.5) is 5.69 Å². The van der Waals surface area contributed by atoms with E-state index in [1.807, 2.05) is 13.0 Å². The quantitative estimate of drug-likeness (QED) is 0.848. The lowest BCUT2D eigenvalue weighted by molar-refractivity contribution is -0.155. The summed E-state index contributed by atoms with van der Waals surface area (Å²) < 4.78 is 5.13. The molecule has 0 aliphatic heterocycles. The second kappa shape index (κ2) is 6.31. The molecule has 0 radical (unpaired) electrons. The molecular weight excluding hydrogens is 244 g/mol. The zero-order valence-electron chi connectivity index (χ0n) is 11.8. The van der Waals surface area contributed by atoms with Gasteiger partial charge in [-0.15, -0.1) is 0 Å². The van der Waals surface area contributed by atoms with E-state index in [0.717, 1.165) is 5.56 Å². The zero-order chi connectivity index (χ0) is 14.5. The van der Waals surface area contributed by atoms with Crippen molar-refractivity contribution < 1.29 is 14.3 Å². The van der Waals surface area contributed by atoms with Crippen LogP contribution in [-0.2, 0) is 14.3 Å². The molecule has 1 amide bonds. The Kier molecular flexibility index (Phi) is 5.03. The maximum absolute atomic E-state index is 11.6. The van der Waals surface area contributed by atoms with Crippen molar-refractivity contribution in [3.05, 3.63) is 24.0 Å². The van der Waals surface area contributed by atoms with Crippen LogP contribution < -0.4 is 5.32 Å². The largest absolute Gasteiger partial charge is 0.460 e. The predicted molar refractivity (Wildman–Crippen MR) is 72.7 cm³/mol. The van der Waals surface area contributed by atoms with Gasteiger partial charge in [0.2, 0.25) is 5.91 Å². The molecule has 1 heterocycles. The van der Waals surface area contributed by atoms with E-state index in [1.165, 1.54) is 0 Å². The molecule has 0 aromatic carbocycles. The SMILES string of the molecule is Cc1cncc(NC(=O)CCC(=O)OC(C)(C)C)c1. The fourth-order valence-electron chi connectivity index (χ4n) is 1.45. The second-order valence-corrected chi connectivity index (χ2v) is 5.39. The van der Waals surface area contributed by atoms with Gasteiger partial charge in [-0.3, -0.25) is 14.6 Å². The van der Waals surface area contributed by atoms with Crippen LogP contribution in [0.15, 0.2) is 18.5 Å². The van der Waals surface area contributed by atoms with Crippen molar-refractivity contribution in [2.45, 2.75) is 46.1 Å². The lowest BCUT2D eigenvalue weighted by atomic mass is 10.2. The van der Waals surface area contributed by atoms with Gasteiger partial charge in [-0.05, 0) is 39.3 Å². The lowest BCUT2D eigenvalue weighted by Gasteiger charge is -2.19. The first kappa shape index (κ1) is 15.1. The number of pyridine rings is 1. The number of esters is 1. The summed E-state index contributed by atoms with van der Waals surface area (Å²) in [5, 5.41) is 2.69. The number of rotatable bonds is 4. The fourth-order valence-corrected chi connectivity index (χ4v) is 1.45. The molecule has 0 bridgehead atoms. The third-order valence-electron chi connectivity index (χ3n) is 2.13. The van der Waals surface area contributed by atoms with E-state index in [9.17, 15) is 9.59 Å². The third-order valence-corrected chi connectivity index (χ3v) is 2.13. The highest BCUT2D eigenvalue weighted by molar-refractivity contribution is 5.92. The minimum absolute atomic E-state index is 0.0718. The average Bonchev–Trinajstić information content (AvgIpc) is 2.24. The number of carbonyl (C=O) groups is 2. The Morgan fingerprint density at radius 2 is 1.95 bits per heavy atom. The van der Waals surface area contributed by atoms with Crippen LogP contribution in [0.5, 0.6) is 0 Å². The van der Waals surface area contributed by atoms with E-state index in [2.05, 4.69) is 10.3 Å². The lowest BCUT2D eigenvalue weighted by Crippen LogP contribution is -2.24. The molecule has 0 saturated carbocycles. The van der Waals surface area contributed by atoms with Crippen LogP contribution in [0, 0.1) is 6.92 Å². The topological polar surface area (TPSA) is 68.3 Å². The van der Waals surface area contributed by atoms with Gasteiger partial charge in [0.05, 0.1) is 18.3 Å². The Morgan fingerprint density at radius 3 is 2.53 bits per heavy atom. The van der Waals surface area contributed by atoms with Crippen LogP contribution in [0.3, 0.4) is 0 Å². The summed E-state index contributed by atoms with van der Waals surface area (Å²) in [6.45, 7) is 7.28. The Morgan fingerprint density at radius 1 is 1.26 bits per heavy atom. The highest BCUT2D eigenvalue weighted by Crippen LogP contribution is 2.11. The predicted octanol–water partition coefficient (Wildman–Crippen LogP) is 2.45. The Hall–Kier alpha value is -1.91. The zero-order valence-corrected chi connectivity index (χ0v) is 11.8. The Bertz CT molecular complexity index is 464. The van der Waals surface area contributed by atoms with Gasteiger partial charge in [0.15, 0.2) is 0 Å². The van der Waals surface area contributed by atoms with E-state index < -0.39 is 5.60 Å². The van der Waals surface area contributed by atoms with Gasteiger partial charge in [-0.1, -0.05) is 0 Å². The number of aryl methyl sites for hydroxylation is 1. The van der Waals surface area contributed by atoms with Crippen molar-refractivity contribution in [3.63, 3.8) is 0 Å². The molecule has 0 unspecified atom stereocenters. The third kappa shape index (κ3) is 6.55. The highest BCUT2D eigenvalue weighted by Gasteiger charge is 2.17. The van der Waals surface area contributed by atoms with Crippen LogP contribution in [0.1, 0.15) is 39.2 Å². The van der Waals surface area contributed by atoms with Gasteiger partial charge in [-0.25, -0.2) is 0 Å². The van der Waals surface area contributed by atoms with Gasteiger partial charge in [-0.2, -0.15) is 0 Å². The van der Waals surface area contributed by atoms with Crippen LogP contribution >= 0.6 is 0 Å². The normalized spacial score (nSPS) is 10.9. The van der Waals surface area contributed by atoms with Gasteiger partial charge >= 0.3 is 5.97 Å². The first-order valence-corrected chi connectivity index (χ1v) is 6.19. The van der Waals surface area contributed by atoms with Crippen molar-refractivity contribution in [2.24, 2.45) is 0 Å². The maximum atomic E-state index is 11.6. The minimum atomic E-state index is -0.520. The molecule has 5 heteroatoms. The molecule has 19 heavy (non-hydrogen) atoms. The molecule has 1 aromatic rings. The highest BCUT2D eigenvalue weighted by atomic mass is 16.6. The molecule has 0 fully saturated rings. The molecule has 1 rings (SSSR count). The van der Waals surface area contributed by atoms with Gasteiger partial charge in [0.1, 0.15) is 5.60 Å². The molecule has 0 aliphatic carbocycles. The van der Waals surface area contributed by atoms with E-state index in [0.29, 0.717) is 5.69 Å². The molecule has 5 nitrogen and oxygen atoms in total. The first-order valence-electron chi connectivity index (χ1n) is 6.19. The molecule has 1 N–H and O–H groups in total. The first-order chi connectivity index (χ1) is 8.76. The molecular formula is C14H20N2O3. The fraction of sp³-hybridized carbons (Fsp3) is 0.500. The number of ether oxygens (including phenoxy) is 1. The van der Waals surface area contributed by atoms with Crippen LogP contribution in [-0.4, -0.2) is 22.5 Å². The summed E-state index contributed by atoms with van der Waals surface area (Å²) in [6, 6.07) is 1.82. The number of carbonyl (C=O) groups excluding carboxylic acids is 2. The second-order valence-electron chi connectivity index (χ2n) is 5.39. The number of amides is 1. The molecule has 0 atom stereocenters. The van der Waals surface area contributed by atoms with Gasteiger partial charge in [0, 0.05) is 12.6 Å². The van der Waals surface area contributed by atoms with Crippen LogP contribution in [0.2, 0.25) is 0 Å². The maximum Gasteiger partial charge on any atom is 0.306 e. The van der Waals surface area contributed by atoms with E-state index in [-0.39, 0.29) is 24.7 Å². The van der Waals surface area contributed by atoms with Crippen LogP contribution in [0.25, 0.3) is 0 Å². The summed E-state index contributed by atoms with van der Waals surface area (Å²) in [4.78, 5) is 27.1. The number of hydrogen-bond acceptors (Lipinski definition) is 4. The average molecular weight is 264 g/mol. The number of aromatic nitrogens is 1. The van der Waals surface area contributed by atoms with Crippen molar-refractivity contribution >= 4 is 17.6 Å². The van der Waals surface area contributed by atoms with Crippen molar-refractivity contribution in [2.75, 3.05) is 5.32 Å². The standard InChI is InChI=1S/C14H20N2O3/c1-10-7-11(9-15-8-10)16-12(17)5-6-13(18)19-14(2,3)4/h7-9H,5-6H2,1-4H3,(H,16,17). The Labute approximate surface area is 113 Å². The molecule has 1 aromatic heterocycles. The van der Waals surface area contributed by atoms with Gasteiger partial charge < -0.3 is 10.1 Å². The number of anilines is 1. The molecule has 0 aliphatic rings. The summed E-state index contributed by atoms with van der Waals surface area (Å²) >= 11 is 0. The Balaban J connectivity index is 2.38. The van der Waals surface area contributed by atoms with E-state index in [1.54, 1.807) is 33.2 Å². The number of hydrogen-bond donors (Lipinski definition) is 1. The van der Waals surface area contributed by atoms with Crippen molar-refractivity contribution in [1.29, 1.82) is 0 Å². The monoisotopic (exact) mass is 264 g/mol. The summed E-state index contributed by atoms with van der Waals surface area (Å²) in [6.07, 6.45) is 3.44. The van der Waals surface area contributed by atoms with Crippen molar-refractivity contribution in [1.82, 2.24) is 4.98 Å². The summed E-state index contributed by atoms with van der Waals surface area (Å²) in [5.41, 5.74) is 1.08. The van der Waals surface area contributed by atoms with E-state index >= 15 is 0 Å². The summed E-state index contributed by atoms with van der Waals surface area (Å²) in [7, 11) is 0.